The molecular formula is C25H34N4. The number of benzene rings is 2. The maximum Gasteiger partial charge on any atom is 0.174 e. The summed E-state index contributed by atoms with van der Waals surface area (Å²) in [6.07, 6.45) is 2.89. The van der Waals surface area contributed by atoms with Crippen LogP contribution in [0.1, 0.15) is 58.2 Å². The van der Waals surface area contributed by atoms with Crippen molar-refractivity contribution in [2.75, 3.05) is 10.6 Å². The molecule has 2 N–H and O–H groups in total. The van der Waals surface area contributed by atoms with E-state index in [0.717, 1.165) is 35.1 Å². The monoisotopic (exact) mass is 390 g/mol. The third-order valence-electron chi connectivity index (χ3n) is 4.79. The van der Waals surface area contributed by atoms with Gasteiger partial charge in [-0.3, -0.25) is 0 Å². The summed E-state index contributed by atoms with van der Waals surface area (Å²) >= 11 is 0. The van der Waals surface area contributed by atoms with Gasteiger partial charge in [-0.1, -0.05) is 71.0 Å². The molecule has 0 fully saturated rings. The van der Waals surface area contributed by atoms with Crippen molar-refractivity contribution in [1.29, 1.82) is 0 Å². The van der Waals surface area contributed by atoms with Gasteiger partial charge in [-0.25, -0.2) is 9.97 Å². The first-order chi connectivity index (χ1) is 14.1. The highest BCUT2D eigenvalue weighted by atomic mass is 15.1. The van der Waals surface area contributed by atoms with Gasteiger partial charge in [-0.2, -0.15) is 0 Å². The fraction of sp³-hybridized carbons (Fsp3) is 0.360. The van der Waals surface area contributed by atoms with Gasteiger partial charge in [0.1, 0.15) is 0 Å². The van der Waals surface area contributed by atoms with Gasteiger partial charge in [0, 0.05) is 11.4 Å². The summed E-state index contributed by atoms with van der Waals surface area (Å²) in [5.74, 6) is 2.53. The minimum absolute atomic E-state index is 0.497. The second-order valence-electron chi connectivity index (χ2n) is 7.17. The van der Waals surface area contributed by atoms with Crippen molar-refractivity contribution in [3.63, 3.8) is 0 Å². The molecule has 3 aromatic rings. The molecule has 1 unspecified atom stereocenters. The molecule has 0 saturated heterocycles. The van der Waals surface area contributed by atoms with Crippen molar-refractivity contribution in [1.82, 2.24) is 9.97 Å². The molecule has 0 saturated carbocycles. The Bertz CT molecular complexity index is 875. The van der Waals surface area contributed by atoms with Gasteiger partial charge in [0.25, 0.3) is 0 Å². The van der Waals surface area contributed by atoms with Crippen LogP contribution in [0.3, 0.4) is 0 Å². The number of nitrogens with one attached hydrogen (secondary N) is 2. The van der Waals surface area contributed by atoms with Crippen molar-refractivity contribution in [2.45, 2.75) is 53.9 Å². The highest BCUT2D eigenvalue weighted by Gasteiger charge is 2.18. The SMILES string of the molecule is CC.CCC(c1ccccc1Nc1nc(C)cnc1Nc1ccccc1)C(C)C. The molecule has 0 amide bonds. The predicted octanol–water partition coefficient (Wildman–Crippen LogP) is 7.45. The standard InChI is InChI=1S/C23H28N4.C2H6/c1-5-19(16(2)3)20-13-9-10-14-21(20)27-23-22(24-15-17(4)25-23)26-18-11-7-6-8-12-18;1-2/h6-16,19H,5H2,1-4H3,(H,24,26)(H,25,27);1-2H3. The fourth-order valence-electron chi connectivity index (χ4n) is 3.43. The van der Waals surface area contributed by atoms with E-state index in [0.29, 0.717) is 11.8 Å². The van der Waals surface area contributed by atoms with Gasteiger partial charge in [0.05, 0.1) is 11.9 Å². The average molecular weight is 391 g/mol. The molecule has 0 aliphatic carbocycles. The molecule has 0 aliphatic heterocycles. The van der Waals surface area contributed by atoms with E-state index in [9.17, 15) is 0 Å². The lowest BCUT2D eigenvalue weighted by molar-refractivity contribution is 0.486. The molecule has 154 valence electrons. The fourth-order valence-corrected chi connectivity index (χ4v) is 3.43. The van der Waals surface area contributed by atoms with Crippen LogP contribution >= 0.6 is 0 Å². The Hall–Kier alpha value is -2.88. The molecule has 0 spiro atoms. The number of anilines is 4. The van der Waals surface area contributed by atoms with Gasteiger partial charge < -0.3 is 10.6 Å². The number of rotatable bonds is 7. The van der Waals surface area contributed by atoms with E-state index in [4.69, 9.17) is 4.98 Å². The molecule has 1 heterocycles. The number of para-hydroxylation sites is 2. The smallest absolute Gasteiger partial charge is 0.174 e. The Morgan fingerprint density at radius 2 is 1.52 bits per heavy atom. The second-order valence-corrected chi connectivity index (χ2v) is 7.17. The predicted molar refractivity (Wildman–Crippen MR) is 125 cm³/mol. The Morgan fingerprint density at radius 1 is 0.862 bits per heavy atom. The Kier molecular flexibility index (Phi) is 8.66. The zero-order valence-corrected chi connectivity index (χ0v) is 18.5. The summed E-state index contributed by atoms with van der Waals surface area (Å²) in [5, 5.41) is 6.91. The summed E-state index contributed by atoms with van der Waals surface area (Å²) in [7, 11) is 0. The van der Waals surface area contributed by atoms with E-state index < -0.39 is 0 Å². The quantitative estimate of drug-likeness (QED) is 0.440. The maximum atomic E-state index is 4.70. The normalized spacial score (nSPS) is 11.4. The second kappa shape index (κ2) is 11.2. The molecular weight excluding hydrogens is 356 g/mol. The van der Waals surface area contributed by atoms with E-state index in [2.05, 4.69) is 60.7 Å². The van der Waals surface area contributed by atoms with Crippen LogP contribution in [0.15, 0.2) is 60.8 Å². The molecule has 2 aromatic carbocycles. The number of aromatic nitrogens is 2. The van der Waals surface area contributed by atoms with Crippen LogP contribution in [0, 0.1) is 12.8 Å². The van der Waals surface area contributed by atoms with Gasteiger partial charge in [-0.15, -0.1) is 0 Å². The molecule has 1 aromatic heterocycles. The number of nitrogens with zero attached hydrogens (tertiary/aromatic N) is 2. The van der Waals surface area contributed by atoms with Crippen LogP contribution in [0.25, 0.3) is 0 Å². The van der Waals surface area contributed by atoms with E-state index in [1.807, 2.05) is 51.1 Å². The first-order valence-electron chi connectivity index (χ1n) is 10.6. The van der Waals surface area contributed by atoms with Crippen molar-refractivity contribution in [2.24, 2.45) is 5.92 Å². The summed E-state index contributed by atoms with van der Waals surface area (Å²) in [6, 6.07) is 18.5. The first-order valence-corrected chi connectivity index (χ1v) is 10.6. The largest absolute Gasteiger partial charge is 0.337 e. The molecule has 29 heavy (non-hydrogen) atoms. The lowest BCUT2D eigenvalue weighted by Gasteiger charge is -2.23. The molecule has 0 radical (unpaired) electrons. The third kappa shape index (κ3) is 6.05. The summed E-state index contributed by atoms with van der Waals surface area (Å²) in [5.41, 5.74) is 4.28. The van der Waals surface area contributed by atoms with Crippen LogP contribution in [0.4, 0.5) is 23.0 Å². The van der Waals surface area contributed by atoms with Crippen molar-refractivity contribution in [3.05, 3.63) is 72.1 Å². The average Bonchev–Trinajstić information content (AvgIpc) is 2.74. The lowest BCUT2D eigenvalue weighted by atomic mass is 9.85. The van der Waals surface area contributed by atoms with Crippen LogP contribution < -0.4 is 10.6 Å². The Labute approximate surface area is 175 Å². The van der Waals surface area contributed by atoms with Crippen molar-refractivity contribution >= 4 is 23.0 Å². The Morgan fingerprint density at radius 3 is 2.17 bits per heavy atom. The molecule has 0 aliphatic rings. The zero-order valence-electron chi connectivity index (χ0n) is 18.5. The van der Waals surface area contributed by atoms with Gasteiger partial charge in [0.15, 0.2) is 11.6 Å². The van der Waals surface area contributed by atoms with Crippen LogP contribution in [-0.2, 0) is 0 Å². The van der Waals surface area contributed by atoms with E-state index in [1.165, 1.54) is 5.56 Å². The van der Waals surface area contributed by atoms with Crippen LogP contribution in [-0.4, -0.2) is 9.97 Å². The molecule has 0 bridgehead atoms. The van der Waals surface area contributed by atoms with Crippen LogP contribution in [0.5, 0.6) is 0 Å². The number of hydrogen-bond donors (Lipinski definition) is 2. The highest BCUT2D eigenvalue weighted by molar-refractivity contribution is 5.73. The first kappa shape index (κ1) is 22.4. The number of aryl methyl sites for hydroxylation is 1. The van der Waals surface area contributed by atoms with E-state index in [1.54, 1.807) is 6.20 Å². The van der Waals surface area contributed by atoms with Gasteiger partial charge in [0.2, 0.25) is 0 Å². The minimum Gasteiger partial charge on any atom is -0.337 e. The molecule has 3 rings (SSSR count). The lowest BCUT2D eigenvalue weighted by Crippen LogP contribution is -2.10. The maximum absolute atomic E-state index is 4.70. The third-order valence-corrected chi connectivity index (χ3v) is 4.79. The summed E-state index contributed by atoms with van der Waals surface area (Å²) < 4.78 is 0. The van der Waals surface area contributed by atoms with Crippen molar-refractivity contribution < 1.29 is 0 Å². The topological polar surface area (TPSA) is 49.8 Å². The minimum atomic E-state index is 0.497. The van der Waals surface area contributed by atoms with E-state index in [-0.39, 0.29) is 0 Å². The highest BCUT2D eigenvalue weighted by Crippen LogP contribution is 2.35. The van der Waals surface area contributed by atoms with Crippen molar-refractivity contribution in [3.8, 4) is 0 Å². The molecule has 1 atom stereocenters. The summed E-state index contributed by atoms with van der Waals surface area (Å²) in [6.45, 7) is 12.8. The Balaban J connectivity index is 0.00000145. The number of hydrogen-bond acceptors (Lipinski definition) is 4. The van der Waals surface area contributed by atoms with E-state index >= 15 is 0 Å². The van der Waals surface area contributed by atoms with Gasteiger partial charge in [-0.05, 0) is 48.9 Å². The molecule has 4 nitrogen and oxygen atoms in total. The molecule has 4 heteroatoms. The summed E-state index contributed by atoms with van der Waals surface area (Å²) in [4.78, 5) is 9.26. The van der Waals surface area contributed by atoms with Crippen LogP contribution in [0.2, 0.25) is 0 Å². The zero-order chi connectivity index (χ0) is 21.2. The van der Waals surface area contributed by atoms with Gasteiger partial charge >= 0.3 is 0 Å².